The van der Waals surface area contributed by atoms with E-state index in [1.54, 1.807) is 18.2 Å². The van der Waals surface area contributed by atoms with E-state index in [0.717, 1.165) is 13.0 Å². The molecule has 0 aromatic heterocycles. The van der Waals surface area contributed by atoms with Crippen molar-refractivity contribution < 1.29 is 14.0 Å². The van der Waals surface area contributed by atoms with Gasteiger partial charge in [0.15, 0.2) is 0 Å². The zero-order valence-electron chi connectivity index (χ0n) is 12.8. The third-order valence-electron chi connectivity index (χ3n) is 3.71. The van der Waals surface area contributed by atoms with Crippen LogP contribution in [0.3, 0.4) is 0 Å². The van der Waals surface area contributed by atoms with Crippen molar-refractivity contribution in [1.82, 2.24) is 15.5 Å². The summed E-state index contributed by atoms with van der Waals surface area (Å²) in [5.74, 6) is 0.0424. The molecule has 0 spiro atoms. The van der Waals surface area contributed by atoms with Gasteiger partial charge >= 0.3 is 6.03 Å². The SMILES string of the molecule is C[C@@H](CNC(=O)NCc1ccccc1F)CN1CCCC1=O. The van der Waals surface area contributed by atoms with Crippen molar-refractivity contribution in [1.29, 1.82) is 0 Å². The normalized spacial score (nSPS) is 15.7. The van der Waals surface area contributed by atoms with Crippen LogP contribution in [-0.2, 0) is 11.3 Å². The van der Waals surface area contributed by atoms with Gasteiger partial charge in [0.1, 0.15) is 5.82 Å². The summed E-state index contributed by atoms with van der Waals surface area (Å²) in [5.41, 5.74) is 0.452. The monoisotopic (exact) mass is 307 g/mol. The van der Waals surface area contributed by atoms with Crippen LogP contribution in [0.5, 0.6) is 0 Å². The van der Waals surface area contributed by atoms with E-state index in [9.17, 15) is 14.0 Å². The minimum absolute atomic E-state index is 0.150. The van der Waals surface area contributed by atoms with Gasteiger partial charge in [0.2, 0.25) is 5.91 Å². The summed E-state index contributed by atoms with van der Waals surface area (Å²) in [6, 6.07) is 6.01. The zero-order valence-corrected chi connectivity index (χ0v) is 12.8. The third-order valence-corrected chi connectivity index (χ3v) is 3.71. The molecule has 1 saturated heterocycles. The van der Waals surface area contributed by atoms with Crippen molar-refractivity contribution in [2.45, 2.75) is 26.3 Å². The molecular weight excluding hydrogens is 285 g/mol. The molecule has 2 N–H and O–H groups in total. The molecule has 0 unspecified atom stereocenters. The Balaban J connectivity index is 1.67. The first kappa shape index (κ1) is 16.3. The maximum Gasteiger partial charge on any atom is 0.315 e. The second-order valence-electron chi connectivity index (χ2n) is 5.70. The quantitative estimate of drug-likeness (QED) is 0.843. The molecule has 0 aliphatic carbocycles. The molecule has 1 atom stereocenters. The van der Waals surface area contributed by atoms with Crippen molar-refractivity contribution in [3.63, 3.8) is 0 Å². The fourth-order valence-electron chi connectivity index (χ4n) is 2.48. The topological polar surface area (TPSA) is 61.4 Å². The van der Waals surface area contributed by atoms with Gasteiger partial charge in [-0.1, -0.05) is 25.1 Å². The van der Waals surface area contributed by atoms with Crippen molar-refractivity contribution in [2.75, 3.05) is 19.6 Å². The molecule has 1 aliphatic rings. The number of urea groups is 1. The fraction of sp³-hybridized carbons (Fsp3) is 0.500. The number of benzene rings is 1. The van der Waals surface area contributed by atoms with Gasteiger partial charge < -0.3 is 15.5 Å². The zero-order chi connectivity index (χ0) is 15.9. The molecule has 6 heteroatoms. The molecule has 1 fully saturated rings. The predicted octanol–water partition coefficient (Wildman–Crippen LogP) is 1.88. The van der Waals surface area contributed by atoms with E-state index in [4.69, 9.17) is 0 Å². The number of amides is 3. The second-order valence-corrected chi connectivity index (χ2v) is 5.70. The summed E-state index contributed by atoms with van der Waals surface area (Å²) in [6.07, 6.45) is 1.55. The number of rotatable bonds is 6. The van der Waals surface area contributed by atoms with Crippen LogP contribution in [0.1, 0.15) is 25.3 Å². The van der Waals surface area contributed by atoms with Gasteiger partial charge in [-0.05, 0) is 18.4 Å². The first-order valence-electron chi connectivity index (χ1n) is 7.59. The number of carbonyl (C=O) groups excluding carboxylic acids is 2. The van der Waals surface area contributed by atoms with Crippen LogP contribution in [0.25, 0.3) is 0 Å². The standard InChI is InChI=1S/C16H22FN3O2/c1-12(11-20-8-4-7-15(20)21)9-18-16(22)19-10-13-5-2-3-6-14(13)17/h2-3,5-6,12H,4,7-11H2,1H3,(H2,18,19,22)/t12-/m0/s1. The van der Waals surface area contributed by atoms with Gasteiger partial charge in [-0.15, -0.1) is 0 Å². The van der Waals surface area contributed by atoms with Gasteiger partial charge in [-0.3, -0.25) is 4.79 Å². The smallest absolute Gasteiger partial charge is 0.315 e. The summed E-state index contributed by atoms with van der Waals surface area (Å²) in [5, 5.41) is 5.38. The van der Waals surface area contributed by atoms with Crippen molar-refractivity contribution in [2.24, 2.45) is 5.92 Å². The Bertz CT molecular complexity index is 536. The van der Waals surface area contributed by atoms with E-state index in [1.165, 1.54) is 6.07 Å². The van der Waals surface area contributed by atoms with Crippen LogP contribution in [0.15, 0.2) is 24.3 Å². The molecule has 22 heavy (non-hydrogen) atoms. The molecule has 1 heterocycles. The lowest BCUT2D eigenvalue weighted by Gasteiger charge is -2.21. The number of carbonyl (C=O) groups is 2. The highest BCUT2D eigenvalue weighted by molar-refractivity contribution is 5.78. The highest BCUT2D eigenvalue weighted by Gasteiger charge is 2.21. The molecule has 3 amide bonds. The molecule has 0 saturated carbocycles. The van der Waals surface area contributed by atoms with E-state index in [0.29, 0.717) is 25.1 Å². The van der Waals surface area contributed by atoms with E-state index < -0.39 is 0 Å². The Morgan fingerprint density at radius 3 is 2.82 bits per heavy atom. The highest BCUT2D eigenvalue weighted by atomic mass is 19.1. The Morgan fingerprint density at radius 2 is 2.14 bits per heavy atom. The molecule has 0 radical (unpaired) electrons. The van der Waals surface area contributed by atoms with Gasteiger partial charge in [-0.2, -0.15) is 0 Å². The molecule has 120 valence electrons. The lowest BCUT2D eigenvalue weighted by molar-refractivity contribution is -0.128. The Morgan fingerprint density at radius 1 is 1.36 bits per heavy atom. The molecule has 1 aromatic rings. The molecule has 1 aliphatic heterocycles. The first-order valence-corrected chi connectivity index (χ1v) is 7.59. The van der Waals surface area contributed by atoms with E-state index in [1.807, 2.05) is 11.8 Å². The average Bonchev–Trinajstić information content (AvgIpc) is 2.89. The van der Waals surface area contributed by atoms with Crippen LogP contribution in [0.2, 0.25) is 0 Å². The number of hydrogen-bond donors (Lipinski definition) is 2. The molecule has 1 aromatic carbocycles. The number of nitrogens with zero attached hydrogens (tertiary/aromatic N) is 1. The lowest BCUT2D eigenvalue weighted by Crippen LogP contribution is -2.40. The van der Waals surface area contributed by atoms with Crippen molar-refractivity contribution >= 4 is 11.9 Å². The average molecular weight is 307 g/mol. The predicted molar refractivity (Wildman–Crippen MR) is 81.6 cm³/mol. The maximum absolute atomic E-state index is 13.4. The van der Waals surface area contributed by atoms with E-state index in [2.05, 4.69) is 10.6 Å². The third kappa shape index (κ3) is 4.72. The minimum atomic E-state index is -0.331. The number of nitrogens with one attached hydrogen (secondary N) is 2. The molecule has 0 bridgehead atoms. The molecule has 2 rings (SSSR count). The minimum Gasteiger partial charge on any atom is -0.342 e. The van der Waals surface area contributed by atoms with Crippen molar-refractivity contribution in [3.05, 3.63) is 35.6 Å². The van der Waals surface area contributed by atoms with Crippen LogP contribution in [0, 0.1) is 11.7 Å². The number of halogens is 1. The van der Waals surface area contributed by atoms with Crippen LogP contribution in [-0.4, -0.2) is 36.5 Å². The highest BCUT2D eigenvalue weighted by Crippen LogP contribution is 2.11. The summed E-state index contributed by atoms with van der Waals surface area (Å²) in [7, 11) is 0. The van der Waals surface area contributed by atoms with Gasteiger partial charge in [0, 0.05) is 38.2 Å². The maximum atomic E-state index is 13.4. The Kier molecular flexibility index (Phi) is 5.75. The van der Waals surface area contributed by atoms with Crippen LogP contribution < -0.4 is 10.6 Å². The first-order chi connectivity index (χ1) is 10.6. The number of hydrogen-bond acceptors (Lipinski definition) is 2. The summed E-state index contributed by atoms with van der Waals surface area (Å²) < 4.78 is 13.4. The van der Waals surface area contributed by atoms with E-state index >= 15 is 0 Å². The second kappa shape index (κ2) is 7.77. The Labute approximate surface area is 129 Å². The van der Waals surface area contributed by atoms with Crippen molar-refractivity contribution in [3.8, 4) is 0 Å². The van der Waals surface area contributed by atoms with E-state index in [-0.39, 0.29) is 30.2 Å². The largest absolute Gasteiger partial charge is 0.342 e. The number of likely N-dealkylation sites (tertiary alicyclic amines) is 1. The summed E-state index contributed by atoms with van der Waals surface area (Å²) in [6.45, 7) is 4.09. The lowest BCUT2D eigenvalue weighted by atomic mass is 10.1. The molecule has 5 nitrogen and oxygen atoms in total. The Hall–Kier alpha value is -2.11. The summed E-state index contributed by atoms with van der Waals surface area (Å²) >= 11 is 0. The fourth-order valence-corrected chi connectivity index (χ4v) is 2.48. The van der Waals surface area contributed by atoms with Gasteiger partial charge in [0.05, 0.1) is 0 Å². The van der Waals surface area contributed by atoms with Gasteiger partial charge in [-0.25, -0.2) is 9.18 Å². The van der Waals surface area contributed by atoms with Crippen LogP contribution in [0.4, 0.5) is 9.18 Å². The van der Waals surface area contributed by atoms with Gasteiger partial charge in [0.25, 0.3) is 0 Å². The molecular formula is C16H22FN3O2. The van der Waals surface area contributed by atoms with Crippen LogP contribution >= 0.6 is 0 Å². The summed E-state index contributed by atoms with van der Waals surface area (Å²) in [4.78, 5) is 25.1.